The fraction of sp³-hybridized carbons (Fsp3) is 0.545. The maximum atomic E-state index is 13.3. The number of rotatable bonds is 6. The van der Waals surface area contributed by atoms with Crippen molar-refractivity contribution in [2.75, 3.05) is 50.8 Å². The normalized spacial score (nSPS) is 32.6. The summed E-state index contributed by atoms with van der Waals surface area (Å²) in [5, 5.41) is 3.66. The molecule has 4 aliphatic heterocycles. The Morgan fingerprint density at radius 1 is 1.23 bits per heavy atom. The zero-order valence-corrected chi connectivity index (χ0v) is 17.5. The molecule has 5 rings (SSSR count). The molecule has 2 bridgehead atoms. The highest BCUT2D eigenvalue weighted by Crippen LogP contribution is 2.52. The number of fused-ring (bicyclic) bond motifs is 1. The van der Waals surface area contributed by atoms with Crippen molar-refractivity contribution in [2.24, 2.45) is 11.8 Å². The molecule has 7 nitrogen and oxygen atoms in total. The predicted molar refractivity (Wildman–Crippen MR) is 112 cm³/mol. The first-order chi connectivity index (χ1) is 14.6. The van der Waals surface area contributed by atoms with Crippen LogP contribution in [0.3, 0.4) is 0 Å². The van der Waals surface area contributed by atoms with Crippen molar-refractivity contribution < 1.29 is 19.1 Å². The van der Waals surface area contributed by atoms with E-state index in [-0.39, 0.29) is 17.9 Å². The number of amides is 2. The van der Waals surface area contributed by atoms with Crippen molar-refractivity contribution in [3.8, 4) is 0 Å². The van der Waals surface area contributed by atoms with Crippen LogP contribution in [0, 0.1) is 11.8 Å². The topological polar surface area (TPSA) is 71.1 Å². The van der Waals surface area contributed by atoms with Crippen molar-refractivity contribution in [1.82, 2.24) is 10.2 Å². The van der Waals surface area contributed by atoms with Crippen LogP contribution in [0.1, 0.15) is 6.42 Å². The van der Waals surface area contributed by atoms with Gasteiger partial charge in [-0.05, 0) is 37.2 Å². The van der Waals surface area contributed by atoms with E-state index in [1.54, 1.807) is 17.0 Å². The Morgan fingerprint density at radius 2 is 2.00 bits per heavy atom. The van der Waals surface area contributed by atoms with E-state index >= 15 is 0 Å². The molecule has 4 atom stereocenters. The van der Waals surface area contributed by atoms with Gasteiger partial charge >= 0.3 is 0 Å². The van der Waals surface area contributed by atoms with Gasteiger partial charge in [0.05, 0.1) is 37.7 Å². The molecule has 3 fully saturated rings. The van der Waals surface area contributed by atoms with Gasteiger partial charge in [0.15, 0.2) is 0 Å². The van der Waals surface area contributed by atoms with Crippen molar-refractivity contribution in [3.63, 3.8) is 0 Å². The molecule has 8 heteroatoms. The van der Waals surface area contributed by atoms with Crippen LogP contribution in [0.25, 0.3) is 0 Å². The zero-order valence-electron chi connectivity index (χ0n) is 16.8. The average Bonchev–Trinajstić information content (AvgIpc) is 3.41. The molecule has 0 unspecified atom stereocenters. The Balaban J connectivity index is 1.23. The minimum atomic E-state index is -0.711. The fourth-order valence-corrected chi connectivity index (χ4v) is 5.22. The van der Waals surface area contributed by atoms with Crippen LogP contribution < -0.4 is 10.2 Å². The largest absolute Gasteiger partial charge is 0.379 e. The molecule has 0 aromatic heterocycles. The number of halogens is 1. The lowest BCUT2D eigenvalue weighted by atomic mass is 9.77. The summed E-state index contributed by atoms with van der Waals surface area (Å²) < 4.78 is 11.5. The second kappa shape index (κ2) is 7.96. The number of ether oxygens (including phenoxy) is 2. The van der Waals surface area contributed by atoms with E-state index < -0.39 is 17.4 Å². The quantitative estimate of drug-likeness (QED) is 0.545. The first-order valence-electron chi connectivity index (χ1n) is 10.6. The number of anilines is 1. The molecule has 0 saturated carbocycles. The number of nitrogens with zero attached hydrogens (tertiary/aromatic N) is 2. The van der Waals surface area contributed by atoms with Crippen LogP contribution in [-0.2, 0) is 19.1 Å². The lowest BCUT2D eigenvalue weighted by Gasteiger charge is -2.27. The number of carbonyl (C=O) groups is 2. The minimum Gasteiger partial charge on any atom is -0.379 e. The molecule has 3 saturated heterocycles. The molecular weight excluding hydrogens is 406 g/mol. The standard InChI is InChI=1S/C22H26ClN3O4/c23-15-2-4-16(5-3-15)26-14-22-7-6-17(30-22)18(19(22)21(26)28)20(27)24-8-1-9-25-10-12-29-13-11-25/h2-7,17-19H,1,8-14H2,(H,24,27)/t17-,18+,19-,22-/m1/s1. The number of hydrogen-bond donors (Lipinski definition) is 1. The summed E-state index contributed by atoms with van der Waals surface area (Å²) in [6.07, 6.45) is 4.46. The van der Waals surface area contributed by atoms with Gasteiger partial charge in [-0.25, -0.2) is 0 Å². The molecule has 1 aromatic rings. The molecule has 4 heterocycles. The number of nitrogens with one attached hydrogen (secondary N) is 1. The summed E-state index contributed by atoms with van der Waals surface area (Å²) in [5.74, 6) is -1.12. The highest BCUT2D eigenvalue weighted by atomic mass is 35.5. The number of morpholine rings is 1. The van der Waals surface area contributed by atoms with E-state index in [0.29, 0.717) is 18.1 Å². The van der Waals surface area contributed by atoms with Crippen molar-refractivity contribution in [2.45, 2.75) is 18.1 Å². The van der Waals surface area contributed by atoms with Gasteiger partial charge in [0.25, 0.3) is 0 Å². The Morgan fingerprint density at radius 3 is 2.77 bits per heavy atom. The summed E-state index contributed by atoms with van der Waals surface area (Å²) in [4.78, 5) is 30.4. The monoisotopic (exact) mass is 431 g/mol. The van der Waals surface area contributed by atoms with E-state index in [9.17, 15) is 9.59 Å². The van der Waals surface area contributed by atoms with E-state index in [1.165, 1.54) is 0 Å². The minimum absolute atomic E-state index is 0.0577. The summed E-state index contributed by atoms with van der Waals surface area (Å²) in [7, 11) is 0. The van der Waals surface area contributed by atoms with Crippen LogP contribution >= 0.6 is 11.6 Å². The molecule has 2 amide bonds. The molecule has 0 radical (unpaired) electrons. The molecule has 1 aromatic carbocycles. The van der Waals surface area contributed by atoms with Crippen molar-refractivity contribution in [3.05, 3.63) is 41.4 Å². The van der Waals surface area contributed by atoms with Gasteiger partial charge in [0.2, 0.25) is 11.8 Å². The predicted octanol–water partition coefficient (Wildman–Crippen LogP) is 1.46. The number of carbonyl (C=O) groups excluding carboxylic acids is 2. The van der Waals surface area contributed by atoms with Crippen LogP contribution in [0.2, 0.25) is 5.02 Å². The van der Waals surface area contributed by atoms with Crippen molar-refractivity contribution in [1.29, 1.82) is 0 Å². The summed E-state index contributed by atoms with van der Waals surface area (Å²) >= 11 is 5.99. The SMILES string of the molecule is O=C(NCCCN1CCOCC1)[C@H]1[C@H]2C=C[C@]3(CN(c4ccc(Cl)cc4)C(=O)[C@@H]13)O2. The second-order valence-electron chi connectivity index (χ2n) is 8.40. The Hall–Kier alpha value is -1.93. The first-order valence-corrected chi connectivity index (χ1v) is 11.0. The molecule has 160 valence electrons. The lowest BCUT2D eigenvalue weighted by Crippen LogP contribution is -2.45. The molecule has 0 aliphatic carbocycles. The Labute approximate surface area is 180 Å². The van der Waals surface area contributed by atoms with E-state index in [1.807, 2.05) is 24.3 Å². The zero-order chi connectivity index (χ0) is 20.7. The summed E-state index contributed by atoms with van der Waals surface area (Å²) in [6.45, 7) is 5.38. The van der Waals surface area contributed by atoms with Crippen LogP contribution in [-0.4, -0.2) is 74.4 Å². The molecule has 1 N–H and O–H groups in total. The van der Waals surface area contributed by atoms with Crippen LogP contribution in [0.15, 0.2) is 36.4 Å². The van der Waals surface area contributed by atoms with Crippen LogP contribution in [0.4, 0.5) is 5.69 Å². The van der Waals surface area contributed by atoms with Crippen molar-refractivity contribution >= 4 is 29.1 Å². The average molecular weight is 432 g/mol. The van der Waals surface area contributed by atoms with Gasteiger partial charge in [-0.2, -0.15) is 0 Å². The van der Waals surface area contributed by atoms with E-state index in [2.05, 4.69) is 10.2 Å². The van der Waals surface area contributed by atoms with Gasteiger partial charge in [0.1, 0.15) is 5.60 Å². The van der Waals surface area contributed by atoms with Gasteiger partial charge in [-0.1, -0.05) is 23.8 Å². The third-order valence-corrected chi connectivity index (χ3v) is 6.85. The van der Waals surface area contributed by atoms with Crippen LogP contribution in [0.5, 0.6) is 0 Å². The maximum Gasteiger partial charge on any atom is 0.234 e. The fourth-order valence-electron chi connectivity index (χ4n) is 5.09. The highest BCUT2D eigenvalue weighted by molar-refractivity contribution is 6.30. The van der Waals surface area contributed by atoms with Gasteiger partial charge < -0.3 is 19.7 Å². The third kappa shape index (κ3) is 3.43. The summed E-state index contributed by atoms with van der Waals surface area (Å²) in [5.41, 5.74) is 0.0651. The number of benzene rings is 1. The Kier molecular flexibility index (Phi) is 5.31. The first kappa shape index (κ1) is 20.0. The molecular formula is C22H26ClN3O4. The third-order valence-electron chi connectivity index (χ3n) is 6.60. The van der Waals surface area contributed by atoms with E-state index in [0.717, 1.165) is 45.0 Å². The second-order valence-corrected chi connectivity index (χ2v) is 8.84. The Bertz CT molecular complexity index is 854. The number of hydrogen-bond acceptors (Lipinski definition) is 5. The maximum absolute atomic E-state index is 13.3. The summed E-state index contributed by atoms with van der Waals surface area (Å²) in [6, 6.07) is 7.19. The molecule has 30 heavy (non-hydrogen) atoms. The molecule has 4 aliphatic rings. The lowest BCUT2D eigenvalue weighted by molar-refractivity contribution is -0.131. The van der Waals surface area contributed by atoms with Gasteiger partial charge in [0, 0.05) is 30.3 Å². The smallest absolute Gasteiger partial charge is 0.234 e. The van der Waals surface area contributed by atoms with Gasteiger partial charge in [-0.15, -0.1) is 0 Å². The van der Waals surface area contributed by atoms with Gasteiger partial charge in [-0.3, -0.25) is 14.5 Å². The van der Waals surface area contributed by atoms with E-state index in [4.69, 9.17) is 21.1 Å². The highest BCUT2D eigenvalue weighted by Gasteiger charge is 2.67. The molecule has 1 spiro atoms.